The fourth-order valence-electron chi connectivity index (χ4n) is 1.02. The van der Waals surface area contributed by atoms with Crippen molar-refractivity contribution < 1.29 is 8.78 Å². The molecule has 0 saturated heterocycles. The predicted molar refractivity (Wildman–Crippen MR) is 50.9 cm³/mol. The second kappa shape index (κ2) is 4.81. The van der Waals surface area contributed by atoms with E-state index in [2.05, 4.69) is 20.9 Å². The van der Waals surface area contributed by atoms with Gasteiger partial charge in [-0.05, 0) is 22.0 Å². The Labute approximate surface area is 93.1 Å². The molecular weight excluding hydrogens is 268 g/mol. The first kappa shape index (κ1) is 11.5. The first-order valence-corrected chi connectivity index (χ1v) is 4.64. The molecule has 0 fully saturated rings. The van der Waals surface area contributed by atoms with E-state index < -0.39 is 6.43 Å². The molecule has 1 rings (SSSR count). The summed E-state index contributed by atoms with van der Waals surface area (Å²) in [7, 11) is 0. The summed E-state index contributed by atoms with van der Waals surface area (Å²) in [6.45, 7) is 0. The summed E-state index contributed by atoms with van der Waals surface area (Å²) < 4.78 is 25.2. The number of rotatable bonds is 2. The first-order valence-electron chi connectivity index (χ1n) is 3.84. The number of hydrogen-bond donors (Lipinski definition) is 0. The van der Waals surface area contributed by atoms with Crippen molar-refractivity contribution in [2.45, 2.75) is 12.8 Å². The summed E-state index contributed by atoms with van der Waals surface area (Å²) in [5.74, 6) is 0. The van der Waals surface area contributed by atoms with Crippen LogP contribution in [0.1, 0.15) is 23.4 Å². The first-order chi connectivity index (χ1) is 7.10. The number of aromatic nitrogens is 1. The molecule has 0 bridgehead atoms. The number of hydrogen-bond acceptors (Lipinski definition) is 3. The molecule has 0 aromatic carbocycles. The Morgan fingerprint density at radius 2 is 2.13 bits per heavy atom. The van der Waals surface area contributed by atoms with E-state index in [0.29, 0.717) is 0 Å². The van der Waals surface area contributed by atoms with Gasteiger partial charge in [-0.25, -0.2) is 13.8 Å². The lowest BCUT2D eigenvalue weighted by Gasteiger charge is -2.06. The Bertz CT molecular complexity index is 460. The van der Waals surface area contributed by atoms with Crippen LogP contribution in [0.25, 0.3) is 0 Å². The van der Waals surface area contributed by atoms with Crippen molar-refractivity contribution in [1.82, 2.24) is 4.98 Å². The summed E-state index contributed by atoms with van der Waals surface area (Å²) >= 11 is 2.96. The van der Waals surface area contributed by atoms with Gasteiger partial charge in [-0.1, -0.05) is 0 Å². The Hall–Kier alpha value is -1.53. The smallest absolute Gasteiger partial charge is 0.239 e. The van der Waals surface area contributed by atoms with Gasteiger partial charge in [0.15, 0.2) is 5.69 Å². The van der Waals surface area contributed by atoms with Crippen LogP contribution in [-0.4, -0.2) is 4.98 Å². The highest BCUT2D eigenvalue weighted by Crippen LogP contribution is 2.26. The van der Waals surface area contributed by atoms with Gasteiger partial charge in [0.25, 0.3) is 6.43 Å². The van der Waals surface area contributed by atoms with Crippen LogP contribution in [0, 0.1) is 22.7 Å². The molecule has 0 atom stereocenters. The topological polar surface area (TPSA) is 60.5 Å². The van der Waals surface area contributed by atoms with Crippen LogP contribution in [0.2, 0.25) is 0 Å². The standard InChI is InChI=1S/C9H4BrF2N3/c10-6-3-5(9(11)12)7(1-2-13)15-8(6)4-14/h3,9H,1H2. The van der Waals surface area contributed by atoms with E-state index >= 15 is 0 Å². The van der Waals surface area contributed by atoms with E-state index in [1.165, 1.54) is 0 Å². The van der Waals surface area contributed by atoms with Crippen molar-refractivity contribution in [2.75, 3.05) is 0 Å². The van der Waals surface area contributed by atoms with Crippen LogP contribution in [0.5, 0.6) is 0 Å². The summed E-state index contributed by atoms with van der Waals surface area (Å²) in [6, 6.07) is 4.61. The number of halogens is 3. The van der Waals surface area contributed by atoms with Gasteiger partial charge in [0.05, 0.1) is 22.7 Å². The summed E-state index contributed by atoms with van der Waals surface area (Å²) in [6.07, 6.45) is -2.94. The number of pyridine rings is 1. The van der Waals surface area contributed by atoms with E-state index in [-0.39, 0.29) is 27.8 Å². The normalized spacial score (nSPS) is 9.73. The molecule has 0 saturated carbocycles. The molecule has 76 valence electrons. The molecule has 0 spiro atoms. The third kappa shape index (κ3) is 2.48. The van der Waals surface area contributed by atoms with Gasteiger partial charge in [0.2, 0.25) is 0 Å². The molecule has 6 heteroatoms. The summed E-state index contributed by atoms with van der Waals surface area (Å²) in [5, 5.41) is 17.1. The van der Waals surface area contributed by atoms with Crippen LogP contribution >= 0.6 is 15.9 Å². The fourth-order valence-corrected chi connectivity index (χ4v) is 1.45. The predicted octanol–water partition coefficient (Wildman–Crippen LogP) is 2.72. The summed E-state index contributed by atoms with van der Waals surface area (Å²) in [4.78, 5) is 3.69. The summed E-state index contributed by atoms with van der Waals surface area (Å²) in [5.41, 5.74) is -0.362. The number of alkyl halides is 2. The molecule has 0 aliphatic rings. The molecule has 1 aromatic rings. The van der Waals surface area contributed by atoms with Crippen molar-refractivity contribution in [3.8, 4) is 12.1 Å². The minimum Gasteiger partial charge on any atom is -0.239 e. The minimum absolute atomic E-state index is 0.00431. The second-order valence-electron chi connectivity index (χ2n) is 2.60. The van der Waals surface area contributed by atoms with Crippen LogP contribution in [0.4, 0.5) is 8.78 Å². The highest BCUT2D eigenvalue weighted by Gasteiger charge is 2.17. The number of nitriles is 2. The van der Waals surface area contributed by atoms with Crippen molar-refractivity contribution in [3.63, 3.8) is 0 Å². The van der Waals surface area contributed by atoms with Gasteiger partial charge in [0.1, 0.15) is 6.07 Å². The molecule has 15 heavy (non-hydrogen) atoms. The van der Waals surface area contributed by atoms with E-state index in [1.54, 1.807) is 12.1 Å². The Morgan fingerprint density at radius 3 is 2.60 bits per heavy atom. The van der Waals surface area contributed by atoms with Gasteiger partial charge in [-0.2, -0.15) is 10.5 Å². The molecular formula is C9H4BrF2N3. The zero-order valence-corrected chi connectivity index (χ0v) is 8.92. The molecule has 3 nitrogen and oxygen atoms in total. The van der Waals surface area contributed by atoms with Gasteiger partial charge >= 0.3 is 0 Å². The monoisotopic (exact) mass is 271 g/mol. The minimum atomic E-state index is -2.70. The lowest BCUT2D eigenvalue weighted by atomic mass is 10.1. The average molecular weight is 272 g/mol. The maximum Gasteiger partial charge on any atom is 0.265 e. The molecule has 0 aliphatic heterocycles. The lowest BCUT2D eigenvalue weighted by Crippen LogP contribution is -2.00. The Balaban J connectivity index is 3.35. The van der Waals surface area contributed by atoms with Crippen LogP contribution in [-0.2, 0) is 6.42 Å². The maximum atomic E-state index is 12.5. The molecule has 0 unspecified atom stereocenters. The fraction of sp³-hybridized carbons (Fsp3) is 0.222. The van der Waals surface area contributed by atoms with Crippen molar-refractivity contribution >= 4 is 15.9 Å². The van der Waals surface area contributed by atoms with Gasteiger partial charge in [0, 0.05) is 5.56 Å². The third-order valence-corrected chi connectivity index (χ3v) is 2.28. The average Bonchev–Trinajstić information content (AvgIpc) is 2.20. The molecule has 0 aliphatic carbocycles. The third-order valence-electron chi connectivity index (χ3n) is 1.68. The Kier molecular flexibility index (Phi) is 3.70. The van der Waals surface area contributed by atoms with Gasteiger partial charge in [-0.15, -0.1) is 0 Å². The van der Waals surface area contributed by atoms with Crippen LogP contribution in [0.3, 0.4) is 0 Å². The Morgan fingerprint density at radius 1 is 1.47 bits per heavy atom. The van der Waals surface area contributed by atoms with Crippen molar-refractivity contribution in [3.05, 3.63) is 27.5 Å². The molecule has 0 amide bonds. The second-order valence-corrected chi connectivity index (χ2v) is 3.46. The largest absolute Gasteiger partial charge is 0.265 e. The van der Waals surface area contributed by atoms with Gasteiger partial charge < -0.3 is 0 Å². The zero-order chi connectivity index (χ0) is 11.4. The van der Waals surface area contributed by atoms with E-state index in [9.17, 15) is 8.78 Å². The zero-order valence-electron chi connectivity index (χ0n) is 7.34. The number of nitrogens with zero attached hydrogens (tertiary/aromatic N) is 3. The molecule has 0 radical (unpaired) electrons. The maximum absolute atomic E-state index is 12.5. The van der Waals surface area contributed by atoms with E-state index in [1.807, 2.05) is 0 Å². The van der Waals surface area contributed by atoms with Gasteiger partial charge in [-0.3, -0.25) is 0 Å². The SMILES string of the molecule is N#CCc1nc(C#N)c(Br)cc1C(F)F. The quantitative estimate of drug-likeness (QED) is 0.831. The lowest BCUT2D eigenvalue weighted by molar-refractivity contribution is 0.150. The van der Waals surface area contributed by atoms with Crippen molar-refractivity contribution in [1.29, 1.82) is 10.5 Å². The van der Waals surface area contributed by atoms with Crippen LogP contribution < -0.4 is 0 Å². The molecule has 1 heterocycles. The van der Waals surface area contributed by atoms with E-state index in [0.717, 1.165) is 6.07 Å². The van der Waals surface area contributed by atoms with Crippen LogP contribution in [0.15, 0.2) is 10.5 Å². The molecule has 0 N–H and O–H groups in total. The highest BCUT2D eigenvalue weighted by molar-refractivity contribution is 9.10. The molecule has 1 aromatic heterocycles. The van der Waals surface area contributed by atoms with Crippen molar-refractivity contribution in [2.24, 2.45) is 0 Å². The van der Waals surface area contributed by atoms with E-state index in [4.69, 9.17) is 10.5 Å². The highest BCUT2D eigenvalue weighted by atomic mass is 79.9.